The third-order valence-corrected chi connectivity index (χ3v) is 5.43. The number of carbonyl (C=O) groups excluding carboxylic acids is 1. The van der Waals surface area contributed by atoms with Gasteiger partial charge in [0, 0.05) is 44.5 Å². The molecule has 150 valence electrons. The number of anilines is 1. The van der Waals surface area contributed by atoms with Gasteiger partial charge in [0.1, 0.15) is 5.82 Å². The standard InChI is InChI=1S/C20H34N6O/c1-16-14-21-17(2)18(22-16)25-10-12-26(13-11-25)19(27)23-20(3,4)15-24-8-6-5-7-9-24/h14H,5-13,15H2,1-4H3,(H,23,27). The summed E-state index contributed by atoms with van der Waals surface area (Å²) in [5, 5.41) is 3.25. The Hall–Kier alpha value is -1.89. The van der Waals surface area contributed by atoms with Gasteiger partial charge in [-0.2, -0.15) is 0 Å². The molecule has 0 aromatic carbocycles. The molecule has 2 amide bonds. The van der Waals surface area contributed by atoms with E-state index < -0.39 is 0 Å². The number of urea groups is 1. The predicted octanol–water partition coefficient (Wildman–Crippen LogP) is 2.19. The van der Waals surface area contributed by atoms with Crippen LogP contribution in [0.15, 0.2) is 6.20 Å². The molecule has 1 aromatic heterocycles. The molecule has 3 heterocycles. The van der Waals surface area contributed by atoms with Crippen molar-refractivity contribution in [2.24, 2.45) is 0 Å². The molecule has 2 aliphatic heterocycles. The number of carbonyl (C=O) groups is 1. The van der Waals surface area contributed by atoms with Crippen LogP contribution in [0, 0.1) is 13.8 Å². The van der Waals surface area contributed by atoms with E-state index in [1.54, 1.807) is 6.20 Å². The molecular formula is C20H34N6O. The zero-order valence-corrected chi connectivity index (χ0v) is 17.3. The van der Waals surface area contributed by atoms with Crippen LogP contribution in [0.5, 0.6) is 0 Å². The first-order valence-corrected chi connectivity index (χ1v) is 10.2. The van der Waals surface area contributed by atoms with Crippen LogP contribution in [0.25, 0.3) is 0 Å². The Morgan fingerprint density at radius 1 is 1.07 bits per heavy atom. The van der Waals surface area contributed by atoms with Gasteiger partial charge in [0.25, 0.3) is 0 Å². The predicted molar refractivity (Wildman–Crippen MR) is 108 cm³/mol. The average molecular weight is 375 g/mol. The van der Waals surface area contributed by atoms with E-state index >= 15 is 0 Å². The lowest BCUT2D eigenvalue weighted by molar-refractivity contribution is 0.154. The van der Waals surface area contributed by atoms with Gasteiger partial charge in [-0.3, -0.25) is 4.98 Å². The van der Waals surface area contributed by atoms with Gasteiger partial charge in [-0.05, 0) is 53.6 Å². The second kappa shape index (κ2) is 8.42. The third kappa shape index (κ3) is 5.31. The number of nitrogens with one attached hydrogen (secondary N) is 1. The van der Waals surface area contributed by atoms with Gasteiger partial charge in [0.2, 0.25) is 0 Å². The molecule has 0 saturated carbocycles. The van der Waals surface area contributed by atoms with Crippen LogP contribution in [-0.2, 0) is 0 Å². The Morgan fingerprint density at radius 3 is 2.41 bits per heavy atom. The summed E-state index contributed by atoms with van der Waals surface area (Å²) in [6, 6.07) is 0.0451. The molecule has 2 fully saturated rings. The minimum atomic E-state index is -0.218. The summed E-state index contributed by atoms with van der Waals surface area (Å²) >= 11 is 0. The first-order valence-electron chi connectivity index (χ1n) is 10.2. The van der Waals surface area contributed by atoms with Crippen LogP contribution < -0.4 is 10.2 Å². The fourth-order valence-electron chi connectivity index (χ4n) is 4.03. The number of hydrogen-bond acceptors (Lipinski definition) is 5. The molecule has 7 nitrogen and oxygen atoms in total. The van der Waals surface area contributed by atoms with Gasteiger partial charge in [-0.25, -0.2) is 9.78 Å². The van der Waals surface area contributed by atoms with E-state index in [4.69, 9.17) is 0 Å². The lowest BCUT2D eigenvalue weighted by atomic mass is 10.0. The van der Waals surface area contributed by atoms with Crippen molar-refractivity contribution in [3.63, 3.8) is 0 Å². The van der Waals surface area contributed by atoms with Crippen molar-refractivity contribution in [1.29, 1.82) is 0 Å². The molecule has 1 aromatic rings. The van der Waals surface area contributed by atoms with E-state index in [0.717, 1.165) is 49.9 Å². The van der Waals surface area contributed by atoms with Crippen molar-refractivity contribution in [3.05, 3.63) is 17.6 Å². The van der Waals surface area contributed by atoms with Gasteiger partial charge >= 0.3 is 6.03 Å². The average Bonchev–Trinajstić information content (AvgIpc) is 2.64. The van der Waals surface area contributed by atoms with Crippen molar-refractivity contribution in [2.45, 2.75) is 52.5 Å². The molecular weight excluding hydrogens is 340 g/mol. The Balaban J connectivity index is 1.51. The Morgan fingerprint density at radius 2 is 1.74 bits per heavy atom. The summed E-state index contributed by atoms with van der Waals surface area (Å²) in [5.74, 6) is 0.945. The SMILES string of the molecule is Cc1cnc(C)c(N2CCN(C(=O)NC(C)(C)CN3CCCCC3)CC2)n1. The van der Waals surface area contributed by atoms with Crippen LogP contribution in [0.3, 0.4) is 0 Å². The number of aromatic nitrogens is 2. The van der Waals surface area contributed by atoms with E-state index in [0.29, 0.717) is 13.1 Å². The Labute approximate surface area is 163 Å². The topological polar surface area (TPSA) is 64.6 Å². The quantitative estimate of drug-likeness (QED) is 0.875. The maximum atomic E-state index is 12.8. The van der Waals surface area contributed by atoms with Crippen molar-refractivity contribution in [3.8, 4) is 0 Å². The summed E-state index contributed by atoms with van der Waals surface area (Å²) in [7, 11) is 0. The molecule has 0 spiro atoms. The molecule has 1 N–H and O–H groups in total. The fourth-order valence-corrected chi connectivity index (χ4v) is 4.03. The number of aryl methyl sites for hydroxylation is 2. The maximum absolute atomic E-state index is 12.8. The van der Waals surface area contributed by atoms with Gasteiger partial charge < -0.3 is 20.0 Å². The smallest absolute Gasteiger partial charge is 0.317 e. The lowest BCUT2D eigenvalue weighted by Crippen LogP contribution is -2.59. The summed E-state index contributed by atoms with van der Waals surface area (Å²) < 4.78 is 0. The van der Waals surface area contributed by atoms with E-state index in [1.807, 2.05) is 18.7 Å². The van der Waals surface area contributed by atoms with E-state index in [-0.39, 0.29) is 11.6 Å². The monoisotopic (exact) mass is 374 g/mol. The third-order valence-electron chi connectivity index (χ3n) is 5.43. The van der Waals surface area contributed by atoms with Crippen molar-refractivity contribution in [2.75, 3.05) is 50.7 Å². The molecule has 0 atom stereocenters. The van der Waals surface area contributed by atoms with Crippen molar-refractivity contribution >= 4 is 11.8 Å². The first-order chi connectivity index (χ1) is 12.8. The number of rotatable bonds is 4. The molecule has 7 heteroatoms. The van der Waals surface area contributed by atoms with Crippen LogP contribution in [0.4, 0.5) is 10.6 Å². The number of piperazine rings is 1. The second-order valence-electron chi connectivity index (χ2n) is 8.55. The van der Waals surface area contributed by atoms with Crippen LogP contribution in [0.1, 0.15) is 44.5 Å². The normalized spacial score (nSPS) is 19.3. The van der Waals surface area contributed by atoms with Crippen molar-refractivity contribution in [1.82, 2.24) is 25.1 Å². The van der Waals surface area contributed by atoms with Gasteiger partial charge in [0.05, 0.1) is 11.4 Å². The summed E-state index contributed by atoms with van der Waals surface area (Å²) in [6.45, 7) is 14.4. The minimum Gasteiger partial charge on any atom is -0.352 e. The van der Waals surface area contributed by atoms with Crippen LogP contribution >= 0.6 is 0 Å². The highest BCUT2D eigenvalue weighted by Crippen LogP contribution is 2.18. The van der Waals surface area contributed by atoms with Gasteiger partial charge in [0.15, 0.2) is 0 Å². The Bertz CT molecular complexity index is 648. The zero-order valence-electron chi connectivity index (χ0n) is 17.3. The summed E-state index contributed by atoms with van der Waals surface area (Å²) in [5.41, 5.74) is 1.65. The highest BCUT2D eigenvalue weighted by molar-refractivity contribution is 5.75. The van der Waals surface area contributed by atoms with Gasteiger partial charge in [-0.1, -0.05) is 6.42 Å². The van der Waals surface area contributed by atoms with Crippen molar-refractivity contribution < 1.29 is 4.79 Å². The lowest BCUT2D eigenvalue weighted by Gasteiger charge is -2.39. The molecule has 27 heavy (non-hydrogen) atoms. The van der Waals surface area contributed by atoms with E-state index in [9.17, 15) is 4.79 Å². The molecule has 2 aliphatic rings. The molecule has 0 radical (unpaired) electrons. The molecule has 0 aliphatic carbocycles. The maximum Gasteiger partial charge on any atom is 0.317 e. The largest absolute Gasteiger partial charge is 0.352 e. The minimum absolute atomic E-state index is 0.0451. The zero-order chi connectivity index (χ0) is 19.4. The highest BCUT2D eigenvalue weighted by Gasteiger charge is 2.29. The molecule has 2 saturated heterocycles. The van der Waals surface area contributed by atoms with Gasteiger partial charge in [-0.15, -0.1) is 0 Å². The molecule has 0 bridgehead atoms. The second-order valence-corrected chi connectivity index (χ2v) is 8.55. The molecule has 0 unspecified atom stereocenters. The number of nitrogens with zero attached hydrogens (tertiary/aromatic N) is 5. The van der Waals surface area contributed by atoms with E-state index in [2.05, 4.69) is 38.9 Å². The van der Waals surface area contributed by atoms with Crippen LogP contribution in [-0.4, -0.2) is 77.2 Å². The number of hydrogen-bond donors (Lipinski definition) is 1. The highest BCUT2D eigenvalue weighted by atomic mass is 16.2. The Kier molecular flexibility index (Phi) is 6.19. The number of piperidine rings is 1. The number of amides is 2. The first kappa shape index (κ1) is 19.9. The fraction of sp³-hybridized carbons (Fsp3) is 0.750. The number of likely N-dealkylation sites (tertiary alicyclic amines) is 1. The van der Waals surface area contributed by atoms with E-state index in [1.165, 1.54) is 19.3 Å². The summed E-state index contributed by atoms with van der Waals surface area (Å²) in [6.07, 6.45) is 5.67. The molecule has 3 rings (SSSR count). The summed E-state index contributed by atoms with van der Waals surface area (Å²) in [4.78, 5) is 28.4. The van der Waals surface area contributed by atoms with Crippen LogP contribution in [0.2, 0.25) is 0 Å².